The summed E-state index contributed by atoms with van der Waals surface area (Å²) in [5, 5.41) is 4.72. The summed E-state index contributed by atoms with van der Waals surface area (Å²) >= 11 is 1.69. The highest BCUT2D eigenvalue weighted by atomic mass is 32.1. The van der Waals surface area contributed by atoms with E-state index in [1.807, 2.05) is 20.8 Å². The Balaban J connectivity index is 1.28. The van der Waals surface area contributed by atoms with Gasteiger partial charge < -0.3 is 18.2 Å². The second-order valence-corrected chi connectivity index (χ2v) is 20.7. The molecule has 1 heterocycles. The summed E-state index contributed by atoms with van der Waals surface area (Å²) in [7, 11) is -3.02. The molecular formula is C56H57NO3SSi. The molecule has 0 aliphatic carbocycles. The lowest BCUT2D eigenvalue weighted by molar-refractivity contribution is 0.0866. The van der Waals surface area contributed by atoms with Gasteiger partial charge in [-0.1, -0.05) is 167 Å². The van der Waals surface area contributed by atoms with Crippen LogP contribution >= 0.6 is 11.3 Å². The molecule has 0 atom stereocenters. The van der Waals surface area contributed by atoms with Gasteiger partial charge in [-0.2, -0.15) is 0 Å². The summed E-state index contributed by atoms with van der Waals surface area (Å²) in [6.45, 7) is 16.8. The van der Waals surface area contributed by atoms with Crippen LogP contribution in [-0.2, 0) is 24.1 Å². The van der Waals surface area contributed by atoms with Gasteiger partial charge in [-0.15, -0.1) is 11.3 Å². The smallest absolute Gasteiger partial charge is 0.370 e. The van der Waals surface area contributed by atoms with Crippen LogP contribution in [0.5, 0.6) is 0 Å². The highest BCUT2D eigenvalue weighted by Crippen LogP contribution is 2.47. The number of thiophene rings is 1. The molecule has 314 valence electrons. The molecule has 0 saturated heterocycles. The van der Waals surface area contributed by atoms with Crippen molar-refractivity contribution in [3.63, 3.8) is 0 Å². The van der Waals surface area contributed by atoms with Gasteiger partial charge in [0.25, 0.3) is 0 Å². The van der Waals surface area contributed by atoms with E-state index in [0.717, 1.165) is 26.4 Å². The molecule has 0 spiro atoms. The molecule has 0 aliphatic heterocycles. The average molecular weight is 852 g/mol. The van der Waals surface area contributed by atoms with Gasteiger partial charge in [0, 0.05) is 57.7 Å². The Morgan fingerprint density at radius 2 is 0.839 bits per heavy atom. The van der Waals surface area contributed by atoms with Crippen LogP contribution in [0, 0.1) is 0 Å². The normalized spacial score (nSPS) is 12.4. The molecule has 0 N–H and O–H groups in total. The molecule has 62 heavy (non-hydrogen) atoms. The molecule has 8 rings (SSSR count). The van der Waals surface area contributed by atoms with Gasteiger partial charge in [0.2, 0.25) is 0 Å². The largest absolute Gasteiger partial charge is 0.547 e. The van der Waals surface area contributed by atoms with Crippen molar-refractivity contribution in [2.45, 2.75) is 59.3 Å². The minimum Gasteiger partial charge on any atom is -0.370 e. The molecule has 6 heteroatoms. The summed E-state index contributed by atoms with van der Waals surface area (Å²) < 4.78 is 19.8. The van der Waals surface area contributed by atoms with Crippen LogP contribution in [0.2, 0.25) is 0 Å². The Kier molecular flexibility index (Phi) is 12.8. The number of hydrogen-bond donors (Lipinski definition) is 0. The number of nitrogens with zero attached hydrogens (tertiary/aromatic N) is 1. The van der Waals surface area contributed by atoms with E-state index in [1.165, 1.54) is 49.4 Å². The summed E-state index contributed by atoms with van der Waals surface area (Å²) in [6.07, 6.45) is 4.50. The fourth-order valence-electron chi connectivity index (χ4n) is 8.75. The Bertz CT molecular complexity index is 2610. The monoisotopic (exact) mass is 851 g/mol. The molecule has 0 saturated carbocycles. The lowest BCUT2D eigenvalue weighted by Crippen LogP contribution is -2.55. The zero-order valence-corrected chi connectivity index (χ0v) is 38.8. The molecule has 0 unspecified atom stereocenters. The van der Waals surface area contributed by atoms with E-state index in [1.54, 1.807) is 11.3 Å². The molecule has 4 nitrogen and oxygen atoms in total. The van der Waals surface area contributed by atoms with Crippen molar-refractivity contribution in [1.29, 1.82) is 0 Å². The number of benzene rings is 7. The first-order valence-corrected chi connectivity index (χ1v) is 24.4. The van der Waals surface area contributed by atoms with E-state index < -0.39 is 8.80 Å². The van der Waals surface area contributed by atoms with Crippen LogP contribution in [0.3, 0.4) is 0 Å². The van der Waals surface area contributed by atoms with E-state index in [9.17, 15) is 0 Å². The minimum absolute atomic E-state index is 0.162. The summed E-state index contributed by atoms with van der Waals surface area (Å²) in [5.74, 6) is 0. The Morgan fingerprint density at radius 1 is 0.452 bits per heavy atom. The Morgan fingerprint density at radius 3 is 1.26 bits per heavy atom. The van der Waals surface area contributed by atoms with Gasteiger partial charge in [0.15, 0.2) is 0 Å². The molecule has 0 bridgehead atoms. The van der Waals surface area contributed by atoms with Crippen LogP contribution in [0.25, 0.3) is 33.7 Å². The van der Waals surface area contributed by atoms with Gasteiger partial charge >= 0.3 is 8.80 Å². The van der Waals surface area contributed by atoms with Crippen LogP contribution in [0.1, 0.15) is 81.2 Å². The zero-order chi connectivity index (χ0) is 43.3. The molecule has 7 aromatic carbocycles. The average Bonchev–Trinajstić information content (AvgIpc) is 3.80. The third kappa shape index (κ3) is 8.34. The predicted molar refractivity (Wildman–Crippen MR) is 267 cm³/mol. The fourth-order valence-corrected chi connectivity index (χ4v) is 12.9. The first-order chi connectivity index (χ1) is 30.1. The highest BCUT2D eigenvalue weighted by Gasteiger charge is 2.44. The third-order valence-electron chi connectivity index (χ3n) is 12.2. The maximum absolute atomic E-state index is 6.26. The molecule has 8 aromatic rings. The summed E-state index contributed by atoms with van der Waals surface area (Å²) in [5.41, 5.74) is 9.32. The highest BCUT2D eigenvalue weighted by molar-refractivity contribution is 7.24. The van der Waals surface area contributed by atoms with E-state index >= 15 is 0 Å². The minimum atomic E-state index is -3.02. The van der Waals surface area contributed by atoms with E-state index in [4.69, 9.17) is 13.3 Å². The van der Waals surface area contributed by atoms with Crippen molar-refractivity contribution >= 4 is 75.4 Å². The van der Waals surface area contributed by atoms with Crippen molar-refractivity contribution < 1.29 is 13.3 Å². The lowest BCUT2D eigenvalue weighted by atomic mass is 9.78. The van der Waals surface area contributed by atoms with Gasteiger partial charge in [-0.25, -0.2) is 0 Å². The van der Waals surface area contributed by atoms with Crippen molar-refractivity contribution in [3.05, 3.63) is 203 Å². The lowest BCUT2D eigenvalue weighted by Gasteiger charge is -2.32. The standard InChI is InChI=1S/C56H57NO3SSi/c1-8-58-62(59-9-2,60-10-3)53-40-38-47(61-53)37-39-50-48-25-17-19-27-51(48)54(52-28-20-18-26-49(50)52)57(45-33-29-43(30-34-45)55(4,5)41-21-13-11-14-22-41)46-35-31-44(32-36-46)56(6,7)42-23-15-12-16-24-42/h11-40H,8-10H2,1-7H3/b39-37+. The van der Waals surface area contributed by atoms with E-state index in [0.29, 0.717) is 19.8 Å². The number of hydrogen-bond acceptors (Lipinski definition) is 5. The summed E-state index contributed by atoms with van der Waals surface area (Å²) in [4.78, 5) is 3.58. The van der Waals surface area contributed by atoms with Gasteiger partial charge in [-0.05, 0) is 102 Å². The number of anilines is 3. The molecule has 1 aromatic heterocycles. The third-order valence-corrected chi connectivity index (χ3v) is 16.9. The molecule has 0 aliphatic rings. The van der Waals surface area contributed by atoms with Crippen LogP contribution in [-0.4, -0.2) is 28.6 Å². The first kappa shape index (κ1) is 43.1. The van der Waals surface area contributed by atoms with Gasteiger partial charge in [-0.3, -0.25) is 0 Å². The predicted octanol–water partition coefficient (Wildman–Crippen LogP) is 14.6. The Hall–Kier alpha value is -5.60. The van der Waals surface area contributed by atoms with Crippen molar-refractivity contribution in [1.82, 2.24) is 0 Å². The zero-order valence-electron chi connectivity index (χ0n) is 37.0. The summed E-state index contributed by atoms with van der Waals surface area (Å²) in [6, 6.07) is 61.9. The van der Waals surface area contributed by atoms with Crippen LogP contribution < -0.4 is 9.40 Å². The van der Waals surface area contributed by atoms with Crippen molar-refractivity contribution in [3.8, 4) is 0 Å². The van der Waals surface area contributed by atoms with Gasteiger partial charge in [0.05, 0.1) is 10.2 Å². The maximum Gasteiger partial charge on any atom is 0.547 e. The van der Waals surface area contributed by atoms with E-state index in [-0.39, 0.29) is 10.8 Å². The topological polar surface area (TPSA) is 30.9 Å². The Labute approximate surface area is 373 Å². The molecular weight excluding hydrogens is 795 g/mol. The number of rotatable bonds is 16. The van der Waals surface area contributed by atoms with Crippen LogP contribution in [0.4, 0.5) is 17.1 Å². The van der Waals surface area contributed by atoms with Crippen molar-refractivity contribution in [2.75, 3.05) is 24.7 Å². The fraction of sp³-hybridized carbons (Fsp3) is 0.214. The quantitative estimate of drug-likeness (QED) is 0.0716. The first-order valence-electron chi connectivity index (χ1n) is 21.9. The van der Waals surface area contributed by atoms with Crippen molar-refractivity contribution in [2.24, 2.45) is 0 Å². The van der Waals surface area contributed by atoms with Gasteiger partial charge in [0.1, 0.15) is 0 Å². The second kappa shape index (κ2) is 18.4. The molecule has 0 fully saturated rings. The number of fused-ring (bicyclic) bond motifs is 2. The molecule has 0 radical (unpaired) electrons. The van der Waals surface area contributed by atoms with E-state index in [2.05, 4.69) is 215 Å². The van der Waals surface area contributed by atoms with Crippen LogP contribution in [0.15, 0.2) is 170 Å². The SMILES string of the molecule is CCO[Si](OCC)(OCC)c1ccc(/C=C/c2c3ccccc3c(N(c3ccc(C(C)(C)c4ccccc4)cc3)c3ccc(C(C)(C)c4ccccc4)cc3)c3ccccc23)s1. The maximum atomic E-state index is 6.26. The second-order valence-electron chi connectivity index (χ2n) is 16.7. The molecule has 0 amide bonds.